The molecule has 0 bridgehead atoms. The number of hydrogen-bond donors (Lipinski definition) is 5. The minimum atomic E-state index is -1.24. The van der Waals surface area contributed by atoms with Gasteiger partial charge in [0.25, 0.3) is 0 Å². The summed E-state index contributed by atoms with van der Waals surface area (Å²) >= 11 is 5.11. The van der Waals surface area contributed by atoms with Crippen LogP contribution in [0.25, 0.3) is 43.6 Å². The van der Waals surface area contributed by atoms with E-state index >= 15 is 0 Å². The second kappa shape index (κ2) is 62.7. The van der Waals surface area contributed by atoms with Gasteiger partial charge in [0.15, 0.2) is 25.2 Å². The molecule has 662 valence electrons. The largest absolute Gasteiger partial charge is 0.477 e. The molecular weight excluding hydrogens is 1750 g/mol. The van der Waals surface area contributed by atoms with Gasteiger partial charge in [0.2, 0.25) is 21.7 Å². The Morgan fingerprint density at radius 2 is 0.752 bits per heavy atom. The first kappa shape index (κ1) is 108. The lowest BCUT2D eigenvalue weighted by atomic mass is 10.0. The van der Waals surface area contributed by atoms with Gasteiger partial charge >= 0.3 is 23.9 Å². The lowest BCUT2D eigenvalue weighted by molar-refractivity contribution is -0.167. The second-order valence-corrected chi connectivity index (χ2v) is 26.7. The van der Waals surface area contributed by atoms with Crippen LogP contribution in [0.15, 0.2) is 117 Å². The van der Waals surface area contributed by atoms with Gasteiger partial charge in [0.1, 0.15) is 48.4 Å². The van der Waals surface area contributed by atoms with Crippen molar-refractivity contribution in [2.45, 2.75) is 160 Å². The highest BCUT2D eigenvalue weighted by molar-refractivity contribution is 14.1. The molecule has 0 atom stereocenters. The summed E-state index contributed by atoms with van der Waals surface area (Å²) in [5, 5.41) is 47.6. The van der Waals surface area contributed by atoms with E-state index in [1.807, 2.05) is 119 Å². The van der Waals surface area contributed by atoms with E-state index in [0.717, 1.165) is 50.5 Å². The highest BCUT2D eigenvalue weighted by Gasteiger charge is 2.20. The number of aliphatic hydroxyl groups excluding tert-OH is 1. The summed E-state index contributed by atoms with van der Waals surface area (Å²) in [7, 11) is 0. The summed E-state index contributed by atoms with van der Waals surface area (Å²) in [6, 6.07) is 21.8. The number of aldehydes is 1. The number of terminal acetylenes is 2. The van der Waals surface area contributed by atoms with Crippen molar-refractivity contribution < 1.29 is 106 Å². The van der Waals surface area contributed by atoms with Crippen LogP contribution in [0.5, 0.6) is 0 Å². The number of benzene rings is 4. The minimum Gasteiger partial charge on any atom is -0.477 e. The number of aromatic carboxylic acids is 4. The molecular formula is C89H116BrIN4O26. The number of ether oxygens (including phenoxy) is 12. The van der Waals surface area contributed by atoms with Gasteiger partial charge < -0.3 is 105 Å². The second-order valence-electron chi connectivity index (χ2n) is 24.9. The number of carboxylic acids is 4. The van der Waals surface area contributed by atoms with E-state index in [-0.39, 0.29) is 61.3 Å². The van der Waals surface area contributed by atoms with Crippen molar-refractivity contribution in [3.63, 3.8) is 0 Å². The molecule has 0 aliphatic heterocycles. The standard InChI is InChI=1S/C21H29NO6.C21H25NO6.C17H19NO5.C12H10INO3.C9H16O3.C6H14O3.C3H3Br/c2*1-4-22-13-17(21(24)25)20(23)16-12-15(9-10-18(16)22)8-7-11-26-14-19(27-5-2)28-6-3;1-2-18-11-14(17(21)22)16(20)13-10-12(5-6-15(13)18)4-3-8-23-9-7-19;1-2-14-6-9(12(16)17)11(15)8-5-7(13)3-4-10(8)14;1-4-7-10-8-9(11-5-2)12-6-3;1-3-8-6(5-7)9-4-2;1-2-3-4/h9-10,12-13,19H,4-8,11,14H2,1-3H3,(H,24,25);9-10,12-13,19H,4-6,11,14H2,1-3H3,(H,24,25);5-7,10-11H,2-4,8-9H2,1H3,(H,21,22);3-6H,2H2,1H3,(H,16,17);1,9H,5-8H2,2-3H3;6-7H,3-5H2,1-2H3;1H,3H2. The maximum absolute atomic E-state index is 12.5. The number of carbonyl (C=O) groups excluding carboxylic acids is 1. The van der Waals surface area contributed by atoms with Gasteiger partial charge in [-0.15, -0.1) is 12.8 Å². The zero-order valence-electron chi connectivity index (χ0n) is 71.0. The molecule has 30 nitrogen and oxygen atoms in total. The highest BCUT2D eigenvalue weighted by Crippen LogP contribution is 2.21. The van der Waals surface area contributed by atoms with Gasteiger partial charge in [0, 0.05) is 148 Å². The SMILES string of the molecule is C#CCBr.C#CCOCC(OCC)OCC.CCOC(CO)OCC.CCOC(COCC#Cc1ccc2c(c1)c(=O)c(C(=O)O)cn2CC)OCC.CCOC(COCCCc1ccc2c(c1)c(=O)c(C(=O)O)cn2CC)OCC.CCn1cc(C(=O)O)c(=O)c2cc(CCCOCC=O)ccc21.CCn1cc(C(=O)O)c(=O)c2cc(I)ccc21. The number of halogens is 2. The lowest BCUT2D eigenvalue weighted by Gasteiger charge is -2.16. The van der Waals surface area contributed by atoms with E-state index < -0.39 is 58.2 Å². The molecule has 0 aliphatic carbocycles. The predicted molar refractivity (Wildman–Crippen MR) is 476 cm³/mol. The van der Waals surface area contributed by atoms with Gasteiger partial charge in [-0.2, -0.15) is 0 Å². The van der Waals surface area contributed by atoms with E-state index in [1.165, 1.54) is 24.8 Å². The number of nitrogens with zero attached hydrogens (tertiary/aromatic N) is 4. The molecule has 5 N–H and O–H groups in total. The molecule has 4 aromatic heterocycles. The zero-order valence-corrected chi connectivity index (χ0v) is 74.8. The van der Waals surface area contributed by atoms with Crippen molar-refractivity contribution >= 4 is 112 Å². The quantitative estimate of drug-likeness (QED) is 0.00592. The number of fused-ring (bicyclic) bond motifs is 4. The molecule has 0 spiro atoms. The molecule has 8 rings (SSSR count). The molecule has 0 radical (unpaired) electrons. The summed E-state index contributed by atoms with van der Waals surface area (Å²) in [6.45, 7) is 32.2. The van der Waals surface area contributed by atoms with E-state index in [9.17, 15) is 58.5 Å². The molecule has 0 fully saturated rings. The molecule has 121 heavy (non-hydrogen) atoms. The molecule has 32 heteroatoms. The molecule has 0 aliphatic rings. The van der Waals surface area contributed by atoms with Gasteiger partial charge in [-0.3, -0.25) is 19.2 Å². The van der Waals surface area contributed by atoms with Crippen molar-refractivity contribution in [3.8, 4) is 36.5 Å². The van der Waals surface area contributed by atoms with Crippen molar-refractivity contribution in [1.29, 1.82) is 0 Å². The van der Waals surface area contributed by atoms with Gasteiger partial charge in [-0.25, -0.2) is 19.2 Å². The maximum Gasteiger partial charge on any atom is 0.341 e. The van der Waals surface area contributed by atoms with Gasteiger partial charge in [-0.1, -0.05) is 51.7 Å². The first-order valence-corrected chi connectivity index (χ1v) is 41.9. The Bertz CT molecular complexity index is 4900. The van der Waals surface area contributed by atoms with E-state index in [1.54, 1.807) is 54.7 Å². The van der Waals surface area contributed by atoms with Crippen LogP contribution >= 0.6 is 38.5 Å². The number of rotatable bonds is 43. The first-order valence-electron chi connectivity index (χ1n) is 39.7. The van der Waals surface area contributed by atoms with Gasteiger partial charge in [-0.05, 0) is 203 Å². The summed E-state index contributed by atoms with van der Waals surface area (Å²) in [6.07, 6.45) is 17.5. The fourth-order valence-corrected chi connectivity index (χ4v) is 11.9. The maximum atomic E-state index is 12.5. The first-order chi connectivity index (χ1) is 58.2. The Balaban J connectivity index is 0.000000504. The summed E-state index contributed by atoms with van der Waals surface area (Å²) in [5.41, 5.74) is 2.76. The van der Waals surface area contributed by atoms with Crippen LogP contribution < -0.4 is 21.7 Å². The van der Waals surface area contributed by atoms with Crippen LogP contribution in [-0.4, -0.2) is 217 Å². The smallest absolute Gasteiger partial charge is 0.341 e. The Kier molecular flexibility index (Phi) is 55.8. The number of alkyl halides is 1. The van der Waals surface area contributed by atoms with E-state index in [0.29, 0.717) is 163 Å². The fraction of sp³-hybridized carbons (Fsp3) is 0.472. The third-order valence-corrected chi connectivity index (χ3v) is 17.8. The number of pyridine rings is 4. The van der Waals surface area contributed by atoms with E-state index in [2.05, 4.69) is 62.2 Å². The molecule has 4 heterocycles. The van der Waals surface area contributed by atoms with Crippen molar-refractivity contribution in [2.75, 3.05) is 118 Å². The molecule has 4 aromatic carbocycles. The Morgan fingerprint density at radius 3 is 1.07 bits per heavy atom. The van der Waals surface area contributed by atoms with Gasteiger partial charge in [0.05, 0.1) is 53.8 Å². The molecule has 0 amide bonds. The molecule has 8 aromatic rings. The monoisotopic (exact) mass is 1860 g/mol. The topological polar surface area (TPSA) is 385 Å². The van der Waals surface area contributed by atoms with Crippen molar-refractivity contribution in [3.05, 3.63) is 181 Å². The normalized spacial score (nSPS) is 10.7. The van der Waals surface area contributed by atoms with Crippen LogP contribution in [-0.2, 0) is 101 Å². The zero-order chi connectivity index (χ0) is 90.2. The summed E-state index contributed by atoms with van der Waals surface area (Å²) < 4.78 is 71.2. The minimum absolute atomic E-state index is 0.0678. The molecule has 0 unspecified atom stereocenters. The van der Waals surface area contributed by atoms with Crippen LogP contribution in [0.2, 0.25) is 0 Å². The third-order valence-electron chi connectivity index (χ3n) is 16.8. The van der Waals surface area contributed by atoms with Crippen molar-refractivity contribution in [1.82, 2.24) is 18.3 Å². The summed E-state index contributed by atoms with van der Waals surface area (Å²) in [4.78, 5) is 104. The Morgan fingerprint density at radius 1 is 0.438 bits per heavy atom. The average molecular weight is 1860 g/mol. The van der Waals surface area contributed by atoms with Crippen LogP contribution in [0.1, 0.15) is 154 Å². The number of carbonyl (C=O) groups is 5. The number of aryl methyl sites for hydroxylation is 6. The third kappa shape index (κ3) is 37.9. The predicted octanol–water partition coefficient (Wildman–Crippen LogP) is 12.2. The fourth-order valence-electron chi connectivity index (χ4n) is 11.4. The van der Waals surface area contributed by atoms with Crippen LogP contribution in [0.3, 0.4) is 0 Å². The van der Waals surface area contributed by atoms with Crippen LogP contribution in [0.4, 0.5) is 0 Å². The lowest BCUT2D eigenvalue weighted by Crippen LogP contribution is -2.23. The van der Waals surface area contributed by atoms with Crippen molar-refractivity contribution in [2.24, 2.45) is 0 Å². The Labute approximate surface area is 727 Å². The number of hydrogen-bond acceptors (Lipinski definition) is 22. The average Bonchev–Trinajstić information content (AvgIpc) is 0.880. The summed E-state index contributed by atoms with van der Waals surface area (Å²) in [5.74, 6) is 5.70. The van der Waals surface area contributed by atoms with Crippen LogP contribution in [0, 0.1) is 40.1 Å². The number of aliphatic hydroxyl groups is 1. The highest BCUT2D eigenvalue weighted by atomic mass is 127. The number of carboxylic acid groups (broad SMARTS) is 4. The Hall–Kier alpha value is -9.36. The molecule has 0 saturated heterocycles. The van der Waals surface area contributed by atoms with E-state index in [4.69, 9.17) is 79.9 Å². The molecule has 0 saturated carbocycles. The number of aromatic nitrogens is 4.